The van der Waals surface area contributed by atoms with Gasteiger partial charge in [-0.25, -0.2) is 4.79 Å². The fraction of sp³-hybridized carbons (Fsp3) is 0.385. The van der Waals surface area contributed by atoms with Crippen molar-refractivity contribution in [2.75, 3.05) is 13.1 Å². The lowest BCUT2D eigenvalue weighted by molar-refractivity contribution is -0.119. The van der Waals surface area contributed by atoms with Crippen LogP contribution in [0.5, 0.6) is 0 Å². The molecule has 6 nitrogen and oxygen atoms in total. The Morgan fingerprint density at radius 1 is 1.26 bits per heavy atom. The number of amides is 2. The minimum atomic E-state index is -1.09. The molecule has 1 atom stereocenters. The molecule has 0 saturated heterocycles. The van der Waals surface area contributed by atoms with Crippen molar-refractivity contribution in [3.8, 4) is 0 Å². The fourth-order valence-corrected chi connectivity index (χ4v) is 1.71. The van der Waals surface area contributed by atoms with E-state index in [2.05, 4.69) is 0 Å². The molecule has 1 unspecified atom stereocenters. The van der Waals surface area contributed by atoms with Gasteiger partial charge in [0.2, 0.25) is 5.91 Å². The second-order valence-electron chi connectivity index (χ2n) is 4.33. The Labute approximate surface area is 112 Å². The van der Waals surface area contributed by atoms with Crippen LogP contribution in [-0.4, -0.2) is 41.1 Å². The van der Waals surface area contributed by atoms with Gasteiger partial charge in [0.1, 0.15) is 6.04 Å². The summed E-state index contributed by atoms with van der Waals surface area (Å²) in [6.07, 6.45) is 0.350. The predicted octanol–water partition coefficient (Wildman–Crippen LogP) is 0.412. The topological polar surface area (TPSA) is 110 Å². The summed E-state index contributed by atoms with van der Waals surface area (Å²) in [5.74, 6) is -0.700. The van der Waals surface area contributed by atoms with Gasteiger partial charge in [-0.2, -0.15) is 0 Å². The molecule has 0 fully saturated rings. The second-order valence-corrected chi connectivity index (χ2v) is 4.33. The Morgan fingerprint density at radius 3 is 2.42 bits per heavy atom. The van der Waals surface area contributed by atoms with Crippen molar-refractivity contribution >= 4 is 12.0 Å². The standard InChI is InChI=1S/C13H19N3O3/c14-11(12(15)17)9-16(13(18)19)8-4-7-10-5-2-1-3-6-10/h1-3,5-6,11H,4,7-9,14H2,(H2,15,17)(H,18,19). The van der Waals surface area contributed by atoms with Crippen LogP contribution in [-0.2, 0) is 11.2 Å². The Bertz CT molecular complexity index is 422. The molecule has 0 aliphatic heterocycles. The van der Waals surface area contributed by atoms with Crippen LogP contribution in [0.15, 0.2) is 30.3 Å². The molecule has 0 radical (unpaired) electrons. The van der Waals surface area contributed by atoms with E-state index in [0.29, 0.717) is 13.0 Å². The largest absolute Gasteiger partial charge is 0.465 e. The molecule has 1 aromatic carbocycles. The number of hydrogen-bond donors (Lipinski definition) is 3. The van der Waals surface area contributed by atoms with Crippen molar-refractivity contribution in [3.05, 3.63) is 35.9 Å². The smallest absolute Gasteiger partial charge is 0.407 e. The molecule has 0 aliphatic carbocycles. The zero-order chi connectivity index (χ0) is 14.3. The Hall–Kier alpha value is -2.08. The Balaban J connectivity index is 2.42. The highest BCUT2D eigenvalue weighted by Crippen LogP contribution is 2.04. The van der Waals surface area contributed by atoms with Crippen molar-refractivity contribution in [3.63, 3.8) is 0 Å². The Kier molecular flexibility index (Phi) is 5.81. The number of rotatable bonds is 7. The van der Waals surface area contributed by atoms with Gasteiger partial charge < -0.3 is 21.5 Å². The van der Waals surface area contributed by atoms with Crippen molar-refractivity contribution in [1.29, 1.82) is 0 Å². The first kappa shape index (κ1) is 15.0. The molecule has 6 heteroatoms. The number of carboxylic acid groups (broad SMARTS) is 1. The highest BCUT2D eigenvalue weighted by Gasteiger charge is 2.18. The van der Waals surface area contributed by atoms with Crippen molar-refractivity contribution in [1.82, 2.24) is 4.90 Å². The zero-order valence-electron chi connectivity index (χ0n) is 10.7. The molecule has 0 spiro atoms. The van der Waals surface area contributed by atoms with E-state index in [4.69, 9.17) is 16.6 Å². The highest BCUT2D eigenvalue weighted by atomic mass is 16.4. The summed E-state index contributed by atoms with van der Waals surface area (Å²) in [4.78, 5) is 23.0. The second kappa shape index (κ2) is 7.38. The maximum atomic E-state index is 11.0. The number of carbonyl (C=O) groups is 2. The number of benzene rings is 1. The van der Waals surface area contributed by atoms with Gasteiger partial charge in [-0.05, 0) is 18.4 Å². The minimum absolute atomic E-state index is 0.0700. The van der Waals surface area contributed by atoms with E-state index in [9.17, 15) is 9.59 Å². The van der Waals surface area contributed by atoms with Crippen LogP contribution in [0.2, 0.25) is 0 Å². The number of hydrogen-bond acceptors (Lipinski definition) is 3. The van der Waals surface area contributed by atoms with Gasteiger partial charge in [-0.3, -0.25) is 4.79 Å². The molecule has 0 bridgehead atoms. The molecule has 1 rings (SSSR count). The van der Waals surface area contributed by atoms with Crippen LogP contribution in [0.3, 0.4) is 0 Å². The summed E-state index contributed by atoms with van der Waals surface area (Å²) >= 11 is 0. The SMILES string of the molecule is NC(=O)C(N)CN(CCCc1ccccc1)C(=O)O. The Morgan fingerprint density at radius 2 is 1.89 bits per heavy atom. The zero-order valence-corrected chi connectivity index (χ0v) is 10.7. The van der Waals surface area contributed by atoms with E-state index in [1.807, 2.05) is 30.3 Å². The van der Waals surface area contributed by atoms with Gasteiger partial charge in [-0.1, -0.05) is 30.3 Å². The summed E-state index contributed by atoms with van der Waals surface area (Å²) in [7, 11) is 0. The first-order valence-corrected chi connectivity index (χ1v) is 6.07. The molecule has 0 aromatic heterocycles. The normalized spacial score (nSPS) is 11.8. The van der Waals surface area contributed by atoms with Gasteiger partial charge in [0.15, 0.2) is 0 Å². The minimum Gasteiger partial charge on any atom is -0.465 e. The third kappa shape index (κ3) is 5.39. The lowest BCUT2D eigenvalue weighted by atomic mass is 10.1. The van der Waals surface area contributed by atoms with Gasteiger partial charge in [0.05, 0.1) is 0 Å². The maximum absolute atomic E-state index is 11.0. The number of aryl methyl sites for hydroxylation is 1. The van der Waals surface area contributed by atoms with Crippen LogP contribution in [0.1, 0.15) is 12.0 Å². The van der Waals surface area contributed by atoms with Crippen LogP contribution >= 0.6 is 0 Å². The van der Waals surface area contributed by atoms with E-state index in [1.165, 1.54) is 0 Å². The molecule has 0 heterocycles. The van der Waals surface area contributed by atoms with E-state index < -0.39 is 18.0 Å². The number of nitrogens with two attached hydrogens (primary N) is 2. The molecule has 5 N–H and O–H groups in total. The monoisotopic (exact) mass is 265 g/mol. The number of carbonyl (C=O) groups excluding carboxylic acids is 1. The van der Waals surface area contributed by atoms with Gasteiger partial charge >= 0.3 is 6.09 Å². The van der Waals surface area contributed by atoms with Crippen LogP contribution < -0.4 is 11.5 Å². The number of nitrogens with zero attached hydrogens (tertiary/aromatic N) is 1. The first-order chi connectivity index (χ1) is 9.00. The van der Waals surface area contributed by atoms with E-state index in [1.54, 1.807) is 0 Å². The molecule has 104 valence electrons. The lowest BCUT2D eigenvalue weighted by Crippen LogP contribution is -2.47. The summed E-state index contributed by atoms with van der Waals surface area (Å²) in [6, 6.07) is 8.81. The first-order valence-electron chi connectivity index (χ1n) is 6.07. The molecule has 1 aromatic rings. The summed E-state index contributed by atoms with van der Waals surface area (Å²) in [5, 5.41) is 9.02. The molecule has 2 amide bonds. The fourth-order valence-electron chi connectivity index (χ4n) is 1.71. The van der Waals surface area contributed by atoms with Gasteiger partial charge in [0, 0.05) is 13.1 Å². The predicted molar refractivity (Wildman–Crippen MR) is 71.5 cm³/mol. The van der Waals surface area contributed by atoms with E-state index in [-0.39, 0.29) is 6.54 Å². The van der Waals surface area contributed by atoms with Crippen LogP contribution in [0.4, 0.5) is 4.79 Å². The quantitative estimate of drug-likeness (QED) is 0.663. The summed E-state index contributed by atoms with van der Waals surface area (Å²) in [6.45, 7) is 0.255. The summed E-state index contributed by atoms with van der Waals surface area (Å²) in [5.41, 5.74) is 11.6. The van der Waals surface area contributed by atoms with Gasteiger partial charge in [-0.15, -0.1) is 0 Å². The highest BCUT2D eigenvalue weighted by molar-refractivity contribution is 5.80. The van der Waals surface area contributed by atoms with Crippen LogP contribution in [0.25, 0.3) is 0 Å². The third-order valence-electron chi connectivity index (χ3n) is 2.79. The van der Waals surface area contributed by atoms with Crippen molar-refractivity contribution in [2.45, 2.75) is 18.9 Å². The average molecular weight is 265 g/mol. The molecule has 0 saturated carbocycles. The molecule has 0 aliphatic rings. The number of primary amides is 1. The third-order valence-corrected chi connectivity index (χ3v) is 2.79. The molecule has 19 heavy (non-hydrogen) atoms. The van der Waals surface area contributed by atoms with Crippen LogP contribution in [0, 0.1) is 0 Å². The maximum Gasteiger partial charge on any atom is 0.407 e. The van der Waals surface area contributed by atoms with Crippen molar-refractivity contribution < 1.29 is 14.7 Å². The summed E-state index contributed by atoms with van der Waals surface area (Å²) < 4.78 is 0. The van der Waals surface area contributed by atoms with Crippen molar-refractivity contribution in [2.24, 2.45) is 11.5 Å². The van der Waals surface area contributed by atoms with E-state index >= 15 is 0 Å². The van der Waals surface area contributed by atoms with Gasteiger partial charge in [0.25, 0.3) is 0 Å². The van der Waals surface area contributed by atoms with E-state index in [0.717, 1.165) is 16.9 Å². The molecular weight excluding hydrogens is 246 g/mol. The average Bonchev–Trinajstić information content (AvgIpc) is 2.38. The lowest BCUT2D eigenvalue weighted by Gasteiger charge is -2.21. The molecular formula is C13H19N3O3.